The van der Waals surface area contributed by atoms with Crippen molar-refractivity contribution in [2.75, 3.05) is 6.54 Å². The smallest absolute Gasteiger partial charge is 0.161 e. The lowest BCUT2D eigenvalue weighted by atomic mass is 10.3. The molecule has 4 nitrogen and oxygen atoms in total. The molecule has 1 aliphatic heterocycles. The molecule has 0 saturated carbocycles. The van der Waals surface area contributed by atoms with Crippen LogP contribution in [0, 0.1) is 0 Å². The van der Waals surface area contributed by atoms with Gasteiger partial charge in [-0.05, 0) is 43.7 Å². The molecule has 4 rings (SSSR count). The standard InChI is InChI=1S/C14H13ClN4S/c15-11-6-5-10(20-11)14-18-9-3-1-8-17-13(9)19(14)12-4-2-7-16-12/h1,3,5-6,8,12,16H,2,4,7H2. The van der Waals surface area contributed by atoms with Crippen molar-refractivity contribution in [1.29, 1.82) is 0 Å². The molecule has 6 heteroatoms. The van der Waals surface area contributed by atoms with Crippen molar-refractivity contribution in [2.45, 2.75) is 19.0 Å². The quantitative estimate of drug-likeness (QED) is 0.785. The van der Waals surface area contributed by atoms with Gasteiger partial charge in [-0.25, -0.2) is 9.97 Å². The van der Waals surface area contributed by atoms with Crippen molar-refractivity contribution in [3.63, 3.8) is 0 Å². The molecule has 1 aliphatic rings. The molecule has 4 heterocycles. The highest BCUT2D eigenvalue weighted by atomic mass is 35.5. The number of aromatic nitrogens is 3. The minimum atomic E-state index is 0.269. The molecule has 0 amide bonds. The van der Waals surface area contributed by atoms with Crippen molar-refractivity contribution >= 4 is 34.1 Å². The average molecular weight is 305 g/mol. The first-order valence-corrected chi connectivity index (χ1v) is 7.84. The Morgan fingerprint density at radius 1 is 1.35 bits per heavy atom. The number of imidazole rings is 1. The maximum absolute atomic E-state index is 6.07. The van der Waals surface area contributed by atoms with Crippen LogP contribution in [0.25, 0.3) is 21.9 Å². The van der Waals surface area contributed by atoms with Crippen LogP contribution in [-0.4, -0.2) is 21.1 Å². The predicted octanol–water partition coefficient (Wildman–Crippen LogP) is 3.70. The lowest BCUT2D eigenvalue weighted by molar-refractivity contribution is 0.483. The van der Waals surface area contributed by atoms with Crippen molar-refractivity contribution in [3.8, 4) is 10.7 Å². The van der Waals surface area contributed by atoms with Gasteiger partial charge >= 0.3 is 0 Å². The van der Waals surface area contributed by atoms with Crippen LogP contribution in [0.15, 0.2) is 30.5 Å². The number of nitrogens with zero attached hydrogens (tertiary/aromatic N) is 3. The number of halogens is 1. The summed E-state index contributed by atoms with van der Waals surface area (Å²) in [6.45, 7) is 1.04. The van der Waals surface area contributed by atoms with Crippen molar-refractivity contribution in [3.05, 3.63) is 34.8 Å². The van der Waals surface area contributed by atoms with Gasteiger partial charge in [0.1, 0.15) is 5.52 Å². The first kappa shape index (κ1) is 12.3. The maximum atomic E-state index is 6.07. The summed E-state index contributed by atoms with van der Waals surface area (Å²) in [6, 6.07) is 7.87. The van der Waals surface area contributed by atoms with Crippen LogP contribution < -0.4 is 5.32 Å². The van der Waals surface area contributed by atoms with E-state index in [4.69, 9.17) is 16.6 Å². The summed E-state index contributed by atoms with van der Waals surface area (Å²) in [5.41, 5.74) is 1.87. The lowest BCUT2D eigenvalue weighted by Gasteiger charge is -2.15. The SMILES string of the molecule is Clc1ccc(-c2nc3cccnc3n2C2CCCN2)s1. The second kappa shape index (κ2) is 4.84. The Bertz CT molecular complexity index is 757. The zero-order valence-corrected chi connectivity index (χ0v) is 12.3. The third kappa shape index (κ3) is 1.93. The molecule has 1 saturated heterocycles. The van der Waals surface area contributed by atoms with Gasteiger partial charge in [-0.3, -0.25) is 9.88 Å². The van der Waals surface area contributed by atoms with E-state index in [1.807, 2.05) is 30.5 Å². The molecule has 0 radical (unpaired) electrons. The molecular formula is C14H13ClN4S. The van der Waals surface area contributed by atoms with Crippen LogP contribution >= 0.6 is 22.9 Å². The van der Waals surface area contributed by atoms with E-state index in [-0.39, 0.29) is 6.17 Å². The predicted molar refractivity (Wildman–Crippen MR) is 82.1 cm³/mol. The third-order valence-electron chi connectivity index (χ3n) is 3.59. The van der Waals surface area contributed by atoms with E-state index >= 15 is 0 Å². The highest BCUT2D eigenvalue weighted by Gasteiger charge is 2.24. The zero-order chi connectivity index (χ0) is 13.5. The highest BCUT2D eigenvalue weighted by Crippen LogP contribution is 2.35. The molecular weight excluding hydrogens is 292 g/mol. The lowest BCUT2D eigenvalue weighted by Crippen LogP contribution is -2.20. The van der Waals surface area contributed by atoms with Crippen molar-refractivity contribution < 1.29 is 0 Å². The van der Waals surface area contributed by atoms with Crippen LogP contribution in [0.3, 0.4) is 0 Å². The fraction of sp³-hybridized carbons (Fsp3) is 0.286. The normalized spacial score (nSPS) is 18.9. The Balaban J connectivity index is 1.96. The summed E-state index contributed by atoms with van der Waals surface area (Å²) < 4.78 is 3.00. The van der Waals surface area contributed by atoms with E-state index in [0.29, 0.717) is 0 Å². The Kier molecular flexibility index (Phi) is 2.98. The third-order valence-corrected chi connectivity index (χ3v) is 4.82. The largest absolute Gasteiger partial charge is 0.297 e. The fourth-order valence-electron chi connectivity index (χ4n) is 2.72. The summed E-state index contributed by atoms with van der Waals surface area (Å²) in [7, 11) is 0. The molecule has 1 fully saturated rings. The van der Waals surface area contributed by atoms with Crippen LogP contribution in [0.4, 0.5) is 0 Å². The summed E-state index contributed by atoms with van der Waals surface area (Å²) in [5.74, 6) is 0.954. The van der Waals surface area contributed by atoms with E-state index < -0.39 is 0 Å². The van der Waals surface area contributed by atoms with Gasteiger partial charge in [-0.1, -0.05) is 11.6 Å². The summed E-state index contributed by atoms with van der Waals surface area (Å²) in [5, 5.41) is 3.52. The van der Waals surface area contributed by atoms with E-state index in [0.717, 1.165) is 39.2 Å². The number of nitrogens with one attached hydrogen (secondary N) is 1. The minimum absolute atomic E-state index is 0.269. The number of hydrogen-bond donors (Lipinski definition) is 1. The molecule has 102 valence electrons. The van der Waals surface area contributed by atoms with Gasteiger partial charge in [-0.15, -0.1) is 11.3 Å². The molecule has 3 aromatic rings. The van der Waals surface area contributed by atoms with Gasteiger partial charge < -0.3 is 0 Å². The maximum Gasteiger partial charge on any atom is 0.161 e. The summed E-state index contributed by atoms with van der Waals surface area (Å²) in [6.07, 6.45) is 4.38. The van der Waals surface area contributed by atoms with E-state index in [9.17, 15) is 0 Å². The van der Waals surface area contributed by atoms with Gasteiger partial charge in [0.25, 0.3) is 0 Å². The van der Waals surface area contributed by atoms with E-state index in [1.165, 1.54) is 6.42 Å². The van der Waals surface area contributed by atoms with Gasteiger partial charge in [-0.2, -0.15) is 0 Å². The molecule has 0 spiro atoms. The Morgan fingerprint density at radius 2 is 2.30 bits per heavy atom. The van der Waals surface area contributed by atoms with E-state index in [2.05, 4.69) is 14.9 Å². The average Bonchev–Trinajstić information content (AvgIpc) is 3.15. The Morgan fingerprint density at radius 3 is 3.05 bits per heavy atom. The molecule has 3 aromatic heterocycles. The molecule has 1 unspecified atom stereocenters. The summed E-state index contributed by atoms with van der Waals surface area (Å²) in [4.78, 5) is 10.3. The Labute approximate surface area is 125 Å². The molecule has 0 bridgehead atoms. The van der Waals surface area contributed by atoms with Gasteiger partial charge in [0.2, 0.25) is 0 Å². The van der Waals surface area contributed by atoms with Crippen molar-refractivity contribution in [2.24, 2.45) is 0 Å². The van der Waals surface area contributed by atoms with Gasteiger partial charge in [0.15, 0.2) is 11.5 Å². The van der Waals surface area contributed by atoms with Gasteiger partial charge in [0.05, 0.1) is 15.4 Å². The van der Waals surface area contributed by atoms with Gasteiger partial charge in [0, 0.05) is 6.20 Å². The van der Waals surface area contributed by atoms with Crippen LogP contribution in [0.2, 0.25) is 4.34 Å². The number of fused-ring (bicyclic) bond motifs is 1. The minimum Gasteiger partial charge on any atom is -0.297 e. The molecule has 0 aliphatic carbocycles. The topological polar surface area (TPSA) is 42.7 Å². The Hall–Kier alpha value is -1.43. The second-order valence-electron chi connectivity index (χ2n) is 4.87. The van der Waals surface area contributed by atoms with E-state index in [1.54, 1.807) is 11.3 Å². The number of rotatable bonds is 2. The fourth-order valence-corrected chi connectivity index (χ4v) is 3.75. The van der Waals surface area contributed by atoms with Crippen molar-refractivity contribution in [1.82, 2.24) is 19.9 Å². The number of thiophene rings is 1. The first-order chi connectivity index (χ1) is 9.83. The van der Waals surface area contributed by atoms with Crippen LogP contribution in [0.1, 0.15) is 19.0 Å². The van der Waals surface area contributed by atoms with Crippen LogP contribution in [0.5, 0.6) is 0 Å². The zero-order valence-electron chi connectivity index (χ0n) is 10.7. The number of hydrogen-bond acceptors (Lipinski definition) is 4. The molecule has 1 atom stereocenters. The van der Waals surface area contributed by atoms with Crippen LogP contribution in [-0.2, 0) is 0 Å². The first-order valence-electron chi connectivity index (χ1n) is 6.65. The molecule has 1 N–H and O–H groups in total. The highest BCUT2D eigenvalue weighted by molar-refractivity contribution is 7.19. The number of pyridine rings is 1. The monoisotopic (exact) mass is 304 g/mol. The molecule has 0 aromatic carbocycles. The second-order valence-corrected chi connectivity index (χ2v) is 6.58. The molecule has 20 heavy (non-hydrogen) atoms. The summed E-state index contributed by atoms with van der Waals surface area (Å²) >= 11 is 7.63.